The summed E-state index contributed by atoms with van der Waals surface area (Å²) < 4.78 is 0. The number of hydrogen-bond acceptors (Lipinski definition) is 4. The second-order valence-electron chi connectivity index (χ2n) is 7.37. The SMILES string of the molecule is CC(C)c1ccc(C(=O)Nc2sccc2C(=O)N2CCCN(C(N)=O)CC2)cc1. The van der Waals surface area contributed by atoms with Gasteiger partial charge in [0.25, 0.3) is 11.8 Å². The van der Waals surface area contributed by atoms with Crippen LogP contribution in [0.2, 0.25) is 0 Å². The molecule has 0 spiro atoms. The maximum Gasteiger partial charge on any atom is 0.314 e. The van der Waals surface area contributed by atoms with Crippen molar-refractivity contribution in [3.8, 4) is 0 Å². The lowest BCUT2D eigenvalue weighted by molar-refractivity contribution is 0.0764. The minimum absolute atomic E-state index is 0.150. The molecule has 1 aromatic carbocycles. The van der Waals surface area contributed by atoms with Gasteiger partial charge in [0, 0.05) is 31.7 Å². The van der Waals surface area contributed by atoms with Gasteiger partial charge in [0.1, 0.15) is 5.00 Å². The van der Waals surface area contributed by atoms with Crippen LogP contribution < -0.4 is 11.1 Å². The molecule has 0 unspecified atom stereocenters. The summed E-state index contributed by atoms with van der Waals surface area (Å²) in [6, 6.07) is 8.75. The van der Waals surface area contributed by atoms with Gasteiger partial charge in [0.15, 0.2) is 0 Å². The molecule has 0 radical (unpaired) electrons. The van der Waals surface area contributed by atoms with Crippen molar-refractivity contribution in [2.75, 3.05) is 31.5 Å². The summed E-state index contributed by atoms with van der Waals surface area (Å²) in [4.78, 5) is 40.3. The second kappa shape index (κ2) is 9.09. The molecule has 29 heavy (non-hydrogen) atoms. The lowest BCUT2D eigenvalue weighted by Gasteiger charge is -2.21. The Kier molecular flexibility index (Phi) is 6.53. The Morgan fingerprint density at radius 2 is 1.66 bits per heavy atom. The second-order valence-corrected chi connectivity index (χ2v) is 8.28. The highest BCUT2D eigenvalue weighted by molar-refractivity contribution is 7.14. The van der Waals surface area contributed by atoms with Gasteiger partial charge in [0.05, 0.1) is 5.56 Å². The van der Waals surface area contributed by atoms with Crippen LogP contribution in [0.1, 0.15) is 52.5 Å². The molecule has 1 fully saturated rings. The zero-order chi connectivity index (χ0) is 21.0. The summed E-state index contributed by atoms with van der Waals surface area (Å²) in [5.74, 6) is 0.00310. The number of carbonyl (C=O) groups excluding carboxylic acids is 3. The maximum atomic E-state index is 13.0. The fourth-order valence-corrected chi connectivity index (χ4v) is 4.05. The molecule has 0 saturated carbocycles. The third-order valence-electron chi connectivity index (χ3n) is 5.06. The Bertz CT molecular complexity index is 892. The topological polar surface area (TPSA) is 95.7 Å². The quantitative estimate of drug-likeness (QED) is 0.803. The summed E-state index contributed by atoms with van der Waals surface area (Å²) >= 11 is 1.32. The first-order valence-electron chi connectivity index (χ1n) is 9.69. The molecule has 7 nitrogen and oxygen atoms in total. The van der Waals surface area contributed by atoms with Gasteiger partial charge in [0.2, 0.25) is 0 Å². The Hall–Kier alpha value is -2.87. The number of urea groups is 1. The molecule has 0 aliphatic carbocycles. The van der Waals surface area contributed by atoms with Gasteiger partial charge in [-0.05, 0) is 41.5 Å². The maximum absolute atomic E-state index is 13.0. The van der Waals surface area contributed by atoms with Crippen LogP contribution in [0, 0.1) is 0 Å². The van der Waals surface area contributed by atoms with E-state index in [1.54, 1.807) is 33.4 Å². The molecule has 8 heteroatoms. The molecule has 0 atom stereocenters. The van der Waals surface area contributed by atoms with Gasteiger partial charge in [-0.25, -0.2) is 4.79 Å². The van der Waals surface area contributed by atoms with Gasteiger partial charge >= 0.3 is 6.03 Å². The van der Waals surface area contributed by atoms with E-state index in [0.29, 0.717) is 54.6 Å². The van der Waals surface area contributed by atoms with Gasteiger partial charge < -0.3 is 20.9 Å². The number of primary amides is 1. The van der Waals surface area contributed by atoms with E-state index < -0.39 is 6.03 Å². The summed E-state index contributed by atoms with van der Waals surface area (Å²) in [5.41, 5.74) is 7.53. The number of thiophene rings is 1. The number of amides is 4. The third-order valence-corrected chi connectivity index (χ3v) is 5.89. The fraction of sp³-hybridized carbons (Fsp3) is 0.381. The average Bonchev–Trinajstić information content (AvgIpc) is 3.01. The number of carbonyl (C=O) groups is 3. The standard InChI is InChI=1S/C21H26N4O3S/c1-14(2)15-4-6-16(7-5-15)18(26)23-19-17(8-13-29-19)20(27)24-9-3-10-25(12-11-24)21(22)28/h4-8,13-14H,3,9-12H2,1-2H3,(H2,22,28)(H,23,26). The van der Waals surface area contributed by atoms with Gasteiger partial charge in [-0.15, -0.1) is 11.3 Å². The first kappa shape index (κ1) is 20.9. The lowest BCUT2D eigenvalue weighted by Crippen LogP contribution is -2.39. The number of anilines is 1. The largest absolute Gasteiger partial charge is 0.351 e. The van der Waals surface area contributed by atoms with Crippen LogP contribution in [0.3, 0.4) is 0 Å². The Balaban J connectivity index is 1.69. The van der Waals surface area contributed by atoms with Crippen molar-refractivity contribution >= 4 is 34.2 Å². The molecular weight excluding hydrogens is 388 g/mol. The highest BCUT2D eigenvalue weighted by Crippen LogP contribution is 2.26. The highest BCUT2D eigenvalue weighted by Gasteiger charge is 2.24. The Labute approximate surface area is 174 Å². The van der Waals surface area contributed by atoms with Crippen molar-refractivity contribution in [3.63, 3.8) is 0 Å². The molecule has 154 valence electrons. The minimum atomic E-state index is -0.466. The molecule has 3 rings (SSSR count). The van der Waals surface area contributed by atoms with E-state index in [-0.39, 0.29) is 11.8 Å². The predicted molar refractivity (Wildman–Crippen MR) is 114 cm³/mol. The van der Waals surface area contributed by atoms with Crippen LogP contribution in [0.15, 0.2) is 35.7 Å². The lowest BCUT2D eigenvalue weighted by atomic mass is 10.0. The van der Waals surface area contributed by atoms with Crippen molar-refractivity contribution in [3.05, 3.63) is 52.4 Å². The van der Waals surface area contributed by atoms with E-state index in [0.717, 1.165) is 0 Å². The molecule has 0 bridgehead atoms. The number of nitrogens with zero attached hydrogens (tertiary/aromatic N) is 2. The van der Waals surface area contributed by atoms with E-state index in [1.807, 2.05) is 12.1 Å². The van der Waals surface area contributed by atoms with Gasteiger partial charge in [-0.1, -0.05) is 26.0 Å². The Morgan fingerprint density at radius 1 is 1.00 bits per heavy atom. The van der Waals surface area contributed by atoms with Crippen LogP contribution in [-0.4, -0.2) is 53.8 Å². The fourth-order valence-electron chi connectivity index (χ4n) is 3.28. The summed E-state index contributed by atoms with van der Waals surface area (Å²) in [6.45, 7) is 6.12. The number of nitrogens with one attached hydrogen (secondary N) is 1. The van der Waals surface area contributed by atoms with Crippen molar-refractivity contribution < 1.29 is 14.4 Å². The van der Waals surface area contributed by atoms with Crippen molar-refractivity contribution in [1.29, 1.82) is 0 Å². The Morgan fingerprint density at radius 3 is 2.31 bits per heavy atom. The zero-order valence-electron chi connectivity index (χ0n) is 16.7. The molecule has 2 heterocycles. The van der Waals surface area contributed by atoms with Crippen molar-refractivity contribution in [1.82, 2.24) is 9.80 Å². The average molecular weight is 415 g/mol. The van der Waals surface area contributed by atoms with E-state index in [4.69, 9.17) is 5.73 Å². The molecule has 1 saturated heterocycles. The van der Waals surface area contributed by atoms with Crippen molar-refractivity contribution in [2.24, 2.45) is 5.73 Å². The minimum Gasteiger partial charge on any atom is -0.351 e. The summed E-state index contributed by atoms with van der Waals surface area (Å²) in [6.07, 6.45) is 0.669. The molecular formula is C21H26N4O3S. The number of hydrogen-bond donors (Lipinski definition) is 2. The monoisotopic (exact) mass is 414 g/mol. The van der Waals surface area contributed by atoms with Crippen LogP contribution in [0.25, 0.3) is 0 Å². The van der Waals surface area contributed by atoms with E-state index in [1.165, 1.54) is 16.9 Å². The van der Waals surface area contributed by atoms with E-state index in [2.05, 4.69) is 19.2 Å². The van der Waals surface area contributed by atoms with Crippen LogP contribution >= 0.6 is 11.3 Å². The molecule has 1 aliphatic rings. The van der Waals surface area contributed by atoms with Crippen LogP contribution in [0.5, 0.6) is 0 Å². The molecule has 3 N–H and O–H groups in total. The van der Waals surface area contributed by atoms with Gasteiger partial charge in [-0.3, -0.25) is 9.59 Å². The summed E-state index contributed by atoms with van der Waals surface area (Å²) in [7, 11) is 0. The number of benzene rings is 1. The molecule has 1 aliphatic heterocycles. The van der Waals surface area contributed by atoms with Crippen LogP contribution in [-0.2, 0) is 0 Å². The number of rotatable bonds is 4. The summed E-state index contributed by atoms with van der Waals surface area (Å²) in [5, 5.41) is 5.19. The van der Waals surface area contributed by atoms with E-state index >= 15 is 0 Å². The molecule has 4 amide bonds. The van der Waals surface area contributed by atoms with Crippen LogP contribution in [0.4, 0.5) is 9.80 Å². The first-order valence-corrected chi connectivity index (χ1v) is 10.6. The molecule has 1 aromatic heterocycles. The third kappa shape index (κ3) is 4.95. The highest BCUT2D eigenvalue weighted by atomic mass is 32.1. The molecule has 2 aromatic rings. The van der Waals surface area contributed by atoms with Gasteiger partial charge in [-0.2, -0.15) is 0 Å². The first-order chi connectivity index (χ1) is 13.9. The normalized spacial score (nSPS) is 14.6. The smallest absolute Gasteiger partial charge is 0.314 e. The zero-order valence-corrected chi connectivity index (χ0v) is 17.5. The van der Waals surface area contributed by atoms with E-state index in [9.17, 15) is 14.4 Å². The predicted octanol–water partition coefficient (Wildman–Crippen LogP) is 3.35. The van der Waals surface area contributed by atoms with Crippen molar-refractivity contribution in [2.45, 2.75) is 26.2 Å². The number of nitrogens with two attached hydrogens (primary N) is 1.